The molecule has 0 saturated heterocycles. The van der Waals surface area contributed by atoms with Gasteiger partial charge in [-0.05, 0) is 55.8 Å². The third-order valence-corrected chi connectivity index (χ3v) is 6.90. The molecule has 0 saturated carbocycles. The molecule has 0 unspecified atom stereocenters. The fraction of sp³-hybridized carbons (Fsp3) is 0.214. The number of nitrogens with one attached hydrogen (secondary N) is 1. The molecule has 222 valence electrons. The lowest BCUT2D eigenvalue weighted by Crippen LogP contribution is -2.19. The zero-order chi connectivity index (χ0) is 30.8. The van der Waals surface area contributed by atoms with E-state index in [0.29, 0.717) is 40.5 Å². The molecule has 0 aliphatic carbocycles. The van der Waals surface area contributed by atoms with E-state index in [0.717, 1.165) is 4.31 Å². The van der Waals surface area contributed by atoms with Crippen molar-refractivity contribution in [3.8, 4) is 5.75 Å². The quantitative estimate of drug-likeness (QED) is 0.0712. The third-order valence-electron chi connectivity index (χ3n) is 5.82. The molecule has 13 nitrogen and oxygen atoms in total. The fourth-order valence-corrected chi connectivity index (χ4v) is 4.62. The Hall–Kier alpha value is -4.91. The molecular weight excluding hydrogens is 598 g/mol. The molecule has 0 spiro atoms. The fourth-order valence-electron chi connectivity index (χ4n) is 3.84. The van der Waals surface area contributed by atoms with Crippen molar-refractivity contribution in [3.05, 3.63) is 77.3 Å². The molecule has 1 heterocycles. The number of benzene rings is 3. The van der Waals surface area contributed by atoms with Gasteiger partial charge in [0, 0.05) is 12.5 Å². The van der Waals surface area contributed by atoms with Gasteiger partial charge >= 0.3 is 11.9 Å². The molecule has 0 fully saturated rings. The molecule has 0 bridgehead atoms. The zero-order valence-corrected chi connectivity index (χ0v) is 24.8. The van der Waals surface area contributed by atoms with Gasteiger partial charge in [0.2, 0.25) is 20.9 Å². The van der Waals surface area contributed by atoms with Gasteiger partial charge in [0.1, 0.15) is 17.4 Å². The monoisotopic (exact) mass is 624 g/mol. The third kappa shape index (κ3) is 8.10. The van der Waals surface area contributed by atoms with E-state index in [1.165, 1.54) is 31.4 Å². The van der Waals surface area contributed by atoms with Gasteiger partial charge in [0.15, 0.2) is 11.6 Å². The standard InChI is InChI=1S/C28H26ClN7O6S/c1-3-42-25(37)12-7-15-30-35-34-28(38)18-8-6-9-19(16-18)36(43(39)40)27-26(31-22-10-4-5-11-23(22)33-27)32-24-17-20(41-2)13-14-21(24)29/h4-6,8-11,13-14,16-17,43H,3,7,12,15H2,1-2H3/p+1. The number of thiol groups is 1. The largest absolute Gasteiger partial charge is 0.497 e. The number of carbonyl (C=O) groups excluding carboxylic acids is 2. The molecule has 1 aromatic heterocycles. The Morgan fingerprint density at radius 1 is 1.05 bits per heavy atom. The smallest absolute Gasteiger partial charge is 0.360 e. The minimum atomic E-state index is -3.33. The van der Waals surface area contributed by atoms with E-state index >= 15 is 0 Å². The normalized spacial score (nSPS) is 10.6. The molecule has 15 heteroatoms. The van der Waals surface area contributed by atoms with E-state index < -0.39 is 16.8 Å². The molecule has 4 rings (SSSR count). The summed E-state index contributed by atoms with van der Waals surface area (Å²) >= 11 is 6.40. The number of esters is 1. The SMILES string of the molecule is CCOC(=O)CCCN=[N+]=NC(=O)c1cccc(N(c2nc3ccccc3nc2Nc2cc(OC)ccc2Cl)[SH](=O)=O)c1. The first-order chi connectivity index (χ1) is 20.8. The van der Waals surface area contributed by atoms with E-state index in [1.807, 2.05) is 0 Å². The first-order valence-electron chi connectivity index (χ1n) is 13.0. The average molecular weight is 625 g/mol. The lowest BCUT2D eigenvalue weighted by atomic mass is 10.2. The van der Waals surface area contributed by atoms with E-state index in [1.54, 1.807) is 49.4 Å². The van der Waals surface area contributed by atoms with Crippen LogP contribution in [-0.4, -0.2) is 50.5 Å². The predicted molar refractivity (Wildman–Crippen MR) is 162 cm³/mol. The maximum atomic E-state index is 12.7. The van der Waals surface area contributed by atoms with Crippen LogP contribution in [-0.2, 0) is 20.4 Å². The zero-order valence-electron chi connectivity index (χ0n) is 23.1. The number of hydrogen-bond acceptors (Lipinski definition) is 10. The van der Waals surface area contributed by atoms with Crippen molar-refractivity contribution >= 4 is 68.4 Å². The Morgan fingerprint density at radius 3 is 2.53 bits per heavy atom. The summed E-state index contributed by atoms with van der Waals surface area (Å²) in [4.78, 5) is 36.8. The summed E-state index contributed by atoms with van der Waals surface area (Å²) in [6, 6.07) is 17.7. The lowest BCUT2D eigenvalue weighted by molar-refractivity contribution is -0.143. The predicted octanol–water partition coefficient (Wildman–Crippen LogP) is 5.16. The van der Waals surface area contributed by atoms with Crippen molar-refractivity contribution in [3.63, 3.8) is 0 Å². The number of hydrogen-bond donors (Lipinski definition) is 2. The highest BCUT2D eigenvalue weighted by atomic mass is 35.5. The number of carbonyl (C=O) groups is 2. The molecule has 1 amide bonds. The maximum Gasteiger partial charge on any atom is 0.360 e. The Bertz CT molecular complexity index is 1780. The summed E-state index contributed by atoms with van der Waals surface area (Å²) in [5, 5.41) is 10.8. The summed E-state index contributed by atoms with van der Waals surface area (Å²) in [5.74, 6) is -0.546. The summed E-state index contributed by atoms with van der Waals surface area (Å²) in [6.45, 7) is 2.19. The Morgan fingerprint density at radius 2 is 1.81 bits per heavy atom. The number of para-hydroxylation sites is 2. The minimum absolute atomic E-state index is 0.0588. The number of ether oxygens (including phenoxy) is 2. The molecule has 0 aliphatic rings. The summed E-state index contributed by atoms with van der Waals surface area (Å²) < 4.78 is 36.5. The van der Waals surface area contributed by atoms with Crippen LogP contribution in [0, 0.1) is 0 Å². The van der Waals surface area contributed by atoms with E-state index in [9.17, 15) is 18.0 Å². The van der Waals surface area contributed by atoms with Crippen molar-refractivity contribution in [1.82, 2.24) is 14.9 Å². The van der Waals surface area contributed by atoms with Crippen LogP contribution < -0.4 is 19.3 Å². The van der Waals surface area contributed by atoms with Crippen LogP contribution in [0.4, 0.5) is 23.0 Å². The van der Waals surface area contributed by atoms with Crippen LogP contribution in [0.2, 0.25) is 5.02 Å². The summed E-state index contributed by atoms with van der Waals surface area (Å²) in [7, 11) is -1.82. The Balaban J connectivity index is 1.67. The van der Waals surface area contributed by atoms with Crippen LogP contribution in [0.5, 0.6) is 5.75 Å². The number of fused-ring (bicyclic) bond motifs is 1. The second kappa shape index (κ2) is 14.8. The maximum absolute atomic E-state index is 12.7. The average Bonchev–Trinajstić information content (AvgIpc) is 3.00. The number of rotatable bonds is 12. The molecule has 3 aromatic carbocycles. The van der Waals surface area contributed by atoms with Crippen LogP contribution in [0.1, 0.15) is 30.1 Å². The summed E-state index contributed by atoms with van der Waals surface area (Å²) in [6.07, 6.45) is 0.557. The van der Waals surface area contributed by atoms with E-state index in [4.69, 9.17) is 21.1 Å². The minimum Gasteiger partial charge on any atom is -0.497 e. The van der Waals surface area contributed by atoms with Crippen LogP contribution in [0.25, 0.3) is 11.0 Å². The number of amides is 1. The van der Waals surface area contributed by atoms with Crippen LogP contribution >= 0.6 is 11.6 Å². The van der Waals surface area contributed by atoms with Crippen molar-refractivity contribution < 1.29 is 27.5 Å². The van der Waals surface area contributed by atoms with Crippen molar-refractivity contribution in [2.75, 3.05) is 29.9 Å². The molecule has 4 aromatic rings. The molecule has 43 heavy (non-hydrogen) atoms. The first-order valence-corrected chi connectivity index (χ1v) is 14.5. The van der Waals surface area contributed by atoms with Gasteiger partial charge in [-0.15, -0.1) is 0 Å². The van der Waals surface area contributed by atoms with Gasteiger partial charge in [-0.2, -0.15) is 0 Å². The molecular formula is C28H27ClN7O6S+. The van der Waals surface area contributed by atoms with E-state index in [-0.39, 0.29) is 41.8 Å². The van der Waals surface area contributed by atoms with Gasteiger partial charge < -0.3 is 14.8 Å². The number of aromatic nitrogens is 2. The number of nitrogens with zero attached hydrogens (tertiary/aromatic N) is 6. The van der Waals surface area contributed by atoms with Crippen molar-refractivity contribution in [2.45, 2.75) is 19.8 Å². The Labute approximate surface area is 253 Å². The van der Waals surface area contributed by atoms with Crippen molar-refractivity contribution in [2.24, 2.45) is 10.2 Å². The topological polar surface area (TPSA) is 167 Å². The highest BCUT2D eigenvalue weighted by Crippen LogP contribution is 2.36. The van der Waals surface area contributed by atoms with Crippen molar-refractivity contribution in [1.29, 1.82) is 0 Å². The molecule has 1 N–H and O–H groups in total. The number of methoxy groups -OCH3 is 1. The molecule has 0 atom stereocenters. The van der Waals surface area contributed by atoms with Gasteiger partial charge in [-0.3, -0.25) is 9.59 Å². The van der Waals surface area contributed by atoms with Gasteiger partial charge in [0.05, 0.1) is 46.7 Å². The Kier molecular flexibility index (Phi) is 10.7. The van der Waals surface area contributed by atoms with Gasteiger partial charge in [-0.1, -0.05) is 29.8 Å². The number of anilines is 4. The lowest BCUT2D eigenvalue weighted by Gasteiger charge is -2.21. The first kappa shape index (κ1) is 31.0. The molecule has 0 aliphatic heterocycles. The van der Waals surface area contributed by atoms with Gasteiger partial charge in [-0.25, -0.2) is 22.7 Å². The number of halogens is 1. The second-order valence-electron chi connectivity index (χ2n) is 8.72. The highest BCUT2D eigenvalue weighted by molar-refractivity contribution is 7.74. The second-order valence-corrected chi connectivity index (χ2v) is 10.0. The molecule has 0 radical (unpaired) electrons. The van der Waals surface area contributed by atoms with Crippen LogP contribution in [0.15, 0.2) is 77.0 Å². The van der Waals surface area contributed by atoms with Crippen LogP contribution in [0.3, 0.4) is 0 Å². The highest BCUT2D eigenvalue weighted by Gasteiger charge is 2.23. The summed E-state index contributed by atoms with van der Waals surface area (Å²) in [5.41, 5.74) is 1.51. The van der Waals surface area contributed by atoms with Gasteiger partial charge in [0.25, 0.3) is 0 Å². The van der Waals surface area contributed by atoms with E-state index in [2.05, 4.69) is 30.4 Å².